The Labute approximate surface area is 111 Å². The number of nitrogens with zero attached hydrogens (tertiary/aromatic N) is 1. The normalized spacial score (nSPS) is 21.1. The van der Waals surface area contributed by atoms with Gasteiger partial charge in [0.2, 0.25) is 10.0 Å². The second-order valence-electron chi connectivity index (χ2n) is 5.68. The Balaban J connectivity index is 2.34. The second-order valence-corrected chi connectivity index (χ2v) is 7.61. The molecule has 6 heteroatoms. The Bertz CT molecular complexity index is 335. The van der Waals surface area contributed by atoms with Gasteiger partial charge in [0.15, 0.2) is 0 Å². The van der Waals surface area contributed by atoms with Crippen molar-refractivity contribution in [2.45, 2.75) is 32.6 Å². The highest BCUT2D eigenvalue weighted by molar-refractivity contribution is 7.89. The fraction of sp³-hybridized carbons (Fsp3) is 1.00. The topological polar surface area (TPSA) is 69.6 Å². The van der Waals surface area contributed by atoms with Crippen LogP contribution in [-0.2, 0) is 10.0 Å². The number of unbranched alkanes of at least 4 members (excludes halogenated alkanes) is 1. The number of aliphatic hydroxyl groups excluding tert-OH is 1. The summed E-state index contributed by atoms with van der Waals surface area (Å²) in [5.41, 5.74) is 0.0799. The molecule has 0 unspecified atom stereocenters. The molecule has 0 amide bonds. The van der Waals surface area contributed by atoms with Crippen LogP contribution in [0.1, 0.15) is 32.6 Å². The van der Waals surface area contributed by atoms with Crippen molar-refractivity contribution in [1.29, 1.82) is 0 Å². The average molecular weight is 278 g/mol. The lowest BCUT2D eigenvalue weighted by atomic mass is 9.81. The molecule has 0 radical (unpaired) electrons. The van der Waals surface area contributed by atoms with E-state index in [9.17, 15) is 8.42 Å². The van der Waals surface area contributed by atoms with Crippen molar-refractivity contribution in [3.8, 4) is 0 Å². The van der Waals surface area contributed by atoms with Gasteiger partial charge < -0.3 is 10.0 Å². The lowest BCUT2D eigenvalue weighted by molar-refractivity contribution is 0.143. The van der Waals surface area contributed by atoms with Gasteiger partial charge in [-0.15, -0.1) is 0 Å². The quantitative estimate of drug-likeness (QED) is 0.662. The standard InChI is InChI=1S/C12H26N2O3S/c1-12(5-7-14(2)8-6-12)11-13-18(16,17)10-4-3-9-15/h13,15H,3-11H2,1-2H3. The highest BCUT2D eigenvalue weighted by atomic mass is 32.2. The molecule has 0 bridgehead atoms. The maximum Gasteiger partial charge on any atom is 0.211 e. The van der Waals surface area contributed by atoms with Gasteiger partial charge >= 0.3 is 0 Å². The molecule has 1 rings (SSSR count). The van der Waals surface area contributed by atoms with Crippen LogP contribution in [0, 0.1) is 5.41 Å². The van der Waals surface area contributed by atoms with Crippen molar-refractivity contribution in [2.75, 3.05) is 39.0 Å². The van der Waals surface area contributed by atoms with E-state index in [-0.39, 0.29) is 17.8 Å². The maximum atomic E-state index is 11.8. The number of sulfonamides is 1. The minimum Gasteiger partial charge on any atom is -0.396 e. The number of hydrogen-bond acceptors (Lipinski definition) is 4. The zero-order valence-electron chi connectivity index (χ0n) is 11.5. The summed E-state index contributed by atoms with van der Waals surface area (Å²) in [6.07, 6.45) is 3.12. The lowest BCUT2D eigenvalue weighted by Gasteiger charge is -2.37. The summed E-state index contributed by atoms with van der Waals surface area (Å²) in [6.45, 7) is 4.80. The first kappa shape index (κ1) is 15.9. The molecule has 1 fully saturated rings. The monoisotopic (exact) mass is 278 g/mol. The summed E-state index contributed by atoms with van der Waals surface area (Å²) < 4.78 is 26.2. The Kier molecular flexibility index (Phi) is 6.04. The van der Waals surface area contributed by atoms with Crippen LogP contribution in [0.15, 0.2) is 0 Å². The van der Waals surface area contributed by atoms with Gasteiger partial charge in [0.05, 0.1) is 5.75 Å². The number of piperidine rings is 1. The molecule has 2 N–H and O–H groups in total. The summed E-state index contributed by atoms with van der Waals surface area (Å²) in [5.74, 6) is 0.115. The molecular formula is C12H26N2O3S. The smallest absolute Gasteiger partial charge is 0.211 e. The fourth-order valence-electron chi connectivity index (χ4n) is 2.10. The van der Waals surface area contributed by atoms with E-state index in [0.717, 1.165) is 25.9 Å². The molecule has 1 aliphatic rings. The van der Waals surface area contributed by atoms with Gasteiger partial charge in [0, 0.05) is 13.2 Å². The van der Waals surface area contributed by atoms with Crippen LogP contribution in [0.4, 0.5) is 0 Å². The van der Waals surface area contributed by atoms with Gasteiger partial charge in [-0.3, -0.25) is 0 Å². The minimum atomic E-state index is -3.18. The number of nitrogens with one attached hydrogen (secondary N) is 1. The van der Waals surface area contributed by atoms with Crippen molar-refractivity contribution in [1.82, 2.24) is 9.62 Å². The van der Waals surface area contributed by atoms with E-state index >= 15 is 0 Å². The predicted molar refractivity (Wildman–Crippen MR) is 72.9 cm³/mol. The number of aliphatic hydroxyl groups is 1. The minimum absolute atomic E-state index is 0.0551. The summed E-state index contributed by atoms with van der Waals surface area (Å²) in [6, 6.07) is 0. The van der Waals surface area contributed by atoms with E-state index in [0.29, 0.717) is 19.4 Å². The van der Waals surface area contributed by atoms with E-state index < -0.39 is 10.0 Å². The fourth-order valence-corrected chi connectivity index (χ4v) is 3.39. The number of rotatable bonds is 7. The zero-order chi connectivity index (χ0) is 13.6. The molecule has 0 aliphatic carbocycles. The number of likely N-dealkylation sites (tertiary alicyclic amines) is 1. The third kappa shape index (κ3) is 5.65. The predicted octanol–water partition coefficient (Wildman–Crippen LogP) is 0.410. The first-order valence-electron chi connectivity index (χ1n) is 6.64. The zero-order valence-corrected chi connectivity index (χ0v) is 12.3. The van der Waals surface area contributed by atoms with Gasteiger partial charge in [-0.05, 0) is 51.2 Å². The van der Waals surface area contributed by atoms with Crippen molar-refractivity contribution < 1.29 is 13.5 Å². The third-order valence-corrected chi connectivity index (χ3v) is 5.14. The van der Waals surface area contributed by atoms with E-state index in [4.69, 9.17) is 5.11 Å². The van der Waals surface area contributed by atoms with Gasteiger partial charge in [0.1, 0.15) is 0 Å². The van der Waals surface area contributed by atoms with Crippen molar-refractivity contribution in [3.63, 3.8) is 0 Å². The SMILES string of the molecule is CN1CCC(C)(CNS(=O)(=O)CCCCO)CC1. The molecule has 0 saturated carbocycles. The van der Waals surface area contributed by atoms with Crippen molar-refractivity contribution in [3.05, 3.63) is 0 Å². The van der Waals surface area contributed by atoms with Crippen LogP contribution < -0.4 is 4.72 Å². The molecule has 108 valence electrons. The van der Waals surface area contributed by atoms with Crippen LogP contribution in [0.5, 0.6) is 0 Å². The summed E-state index contributed by atoms with van der Waals surface area (Å²) >= 11 is 0. The summed E-state index contributed by atoms with van der Waals surface area (Å²) in [5, 5.41) is 8.64. The molecule has 0 spiro atoms. The second kappa shape index (κ2) is 6.84. The van der Waals surface area contributed by atoms with E-state index in [2.05, 4.69) is 23.6 Å². The molecule has 1 saturated heterocycles. The molecule has 0 aromatic carbocycles. The Morgan fingerprint density at radius 2 is 1.89 bits per heavy atom. The van der Waals surface area contributed by atoms with Gasteiger partial charge in [-0.2, -0.15) is 0 Å². The molecule has 5 nitrogen and oxygen atoms in total. The van der Waals surface area contributed by atoms with Crippen LogP contribution in [0.2, 0.25) is 0 Å². The molecule has 0 atom stereocenters. The first-order valence-corrected chi connectivity index (χ1v) is 8.29. The average Bonchev–Trinajstić information content (AvgIpc) is 2.32. The van der Waals surface area contributed by atoms with Crippen LogP contribution >= 0.6 is 0 Å². The third-order valence-electron chi connectivity index (χ3n) is 3.73. The first-order chi connectivity index (χ1) is 8.37. The van der Waals surface area contributed by atoms with Gasteiger partial charge in [-0.1, -0.05) is 6.92 Å². The summed E-state index contributed by atoms with van der Waals surface area (Å²) in [4.78, 5) is 2.28. The highest BCUT2D eigenvalue weighted by Crippen LogP contribution is 2.29. The summed E-state index contributed by atoms with van der Waals surface area (Å²) in [7, 11) is -1.08. The van der Waals surface area contributed by atoms with Crippen LogP contribution in [-0.4, -0.2) is 57.5 Å². The van der Waals surface area contributed by atoms with E-state index in [1.165, 1.54) is 0 Å². The maximum absolute atomic E-state index is 11.8. The van der Waals surface area contributed by atoms with Crippen molar-refractivity contribution >= 4 is 10.0 Å². The van der Waals surface area contributed by atoms with Crippen LogP contribution in [0.3, 0.4) is 0 Å². The Morgan fingerprint density at radius 3 is 2.44 bits per heavy atom. The Hall–Kier alpha value is -0.170. The van der Waals surface area contributed by atoms with Gasteiger partial charge in [-0.25, -0.2) is 13.1 Å². The Morgan fingerprint density at radius 1 is 1.28 bits per heavy atom. The molecular weight excluding hydrogens is 252 g/mol. The largest absolute Gasteiger partial charge is 0.396 e. The molecule has 0 aromatic heterocycles. The van der Waals surface area contributed by atoms with E-state index in [1.54, 1.807) is 0 Å². The van der Waals surface area contributed by atoms with E-state index in [1.807, 2.05) is 0 Å². The number of hydrogen-bond donors (Lipinski definition) is 2. The molecule has 1 aliphatic heterocycles. The molecule has 1 heterocycles. The highest BCUT2D eigenvalue weighted by Gasteiger charge is 2.29. The molecule has 18 heavy (non-hydrogen) atoms. The molecule has 0 aromatic rings. The van der Waals surface area contributed by atoms with Crippen LogP contribution in [0.25, 0.3) is 0 Å². The van der Waals surface area contributed by atoms with Crippen molar-refractivity contribution in [2.24, 2.45) is 5.41 Å². The van der Waals surface area contributed by atoms with Gasteiger partial charge in [0.25, 0.3) is 0 Å². The lowest BCUT2D eigenvalue weighted by Crippen LogP contribution is -2.43.